The number of phenols is 1. The Morgan fingerprint density at radius 1 is 1.10 bits per heavy atom. The molecule has 0 unspecified atom stereocenters. The third-order valence-corrected chi connectivity index (χ3v) is 5.48. The summed E-state index contributed by atoms with van der Waals surface area (Å²) in [5.74, 6) is 1.51. The molecule has 1 aromatic heterocycles. The summed E-state index contributed by atoms with van der Waals surface area (Å²) in [5.41, 5.74) is 1.61. The van der Waals surface area contributed by atoms with Gasteiger partial charge in [-0.2, -0.15) is 0 Å². The Hall–Kier alpha value is -2.35. The molecule has 3 aromatic rings. The van der Waals surface area contributed by atoms with Gasteiger partial charge in [-0.05, 0) is 64.3 Å². The van der Waals surface area contributed by atoms with E-state index in [0.29, 0.717) is 46.8 Å². The van der Waals surface area contributed by atoms with Gasteiger partial charge in [-0.3, -0.25) is 0 Å². The minimum absolute atomic E-state index is 0. The van der Waals surface area contributed by atoms with Crippen LogP contribution in [0.1, 0.15) is 35.5 Å². The van der Waals surface area contributed by atoms with Crippen molar-refractivity contribution in [3.05, 3.63) is 53.3 Å². The highest BCUT2D eigenvalue weighted by atomic mass is 35.5. The first-order chi connectivity index (χ1) is 14.4. The van der Waals surface area contributed by atoms with E-state index in [1.54, 1.807) is 30.8 Å². The maximum Gasteiger partial charge on any atom is 0.342 e. The molecule has 0 bridgehead atoms. The van der Waals surface area contributed by atoms with E-state index in [2.05, 4.69) is 0 Å². The molecule has 0 radical (unpaired) electrons. The SMILES string of the molecule is CCOC(=O)c1c(CSc2ccc(OCC)cc2)oc2ccc(O)c(CN(C)C)c12.Cl. The van der Waals surface area contributed by atoms with Crippen LogP contribution in [0.25, 0.3) is 11.0 Å². The van der Waals surface area contributed by atoms with Crippen molar-refractivity contribution in [3.8, 4) is 11.5 Å². The Labute approximate surface area is 192 Å². The number of esters is 1. The summed E-state index contributed by atoms with van der Waals surface area (Å²) in [4.78, 5) is 15.8. The van der Waals surface area contributed by atoms with Crippen molar-refractivity contribution in [1.82, 2.24) is 4.90 Å². The molecule has 2 aromatic carbocycles. The lowest BCUT2D eigenvalue weighted by molar-refractivity contribution is 0.0526. The number of furan rings is 1. The smallest absolute Gasteiger partial charge is 0.342 e. The summed E-state index contributed by atoms with van der Waals surface area (Å²) < 4.78 is 16.8. The molecule has 3 rings (SSSR count). The van der Waals surface area contributed by atoms with Crippen LogP contribution in [0.5, 0.6) is 11.5 Å². The molecule has 1 N–H and O–H groups in total. The van der Waals surface area contributed by atoms with Gasteiger partial charge in [0, 0.05) is 22.4 Å². The number of nitrogens with zero attached hydrogens (tertiary/aromatic N) is 1. The zero-order valence-corrected chi connectivity index (χ0v) is 19.8. The second-order valence-electron chi connectivity index (χ2n) is 6.99. The van der Waals surface area contributed by atoms with Crippen LogP contribution >= 0.6 is 24.2 Å². The van der Waals surface area contributed by atoms with Gasteiger partial charge in [0.15, 0.2) is 0 Å². The molecule has 0 atom stereocenters. The van der Waals surface area contributed by atoms with Crippen LogP contribution in [-0.4, -0.2) is 43.3 Å². The van der Waals surface area contributed by atoms with E-state index in [4.69, 9.17) is 13.9 Å². The molecule has 168 valence electrons. The molecule has 8 heteroatoms. The van der Waals surface area contributed by atoms with Crippen LogP contribution < -0.4 is 4.74 Å². The van der Waals surface area contributed by atoms with Crippen molar-refractivity contribution in [1.29, 1.82) is 0 Å². The van der Waals surface area contributed by atoms with Gasteiger partial charge in [-0.1, -0.05) is 0 Å². The fourth-order valence-corrected chi connectivity index (χ4v) is 4.07. The summed E-state index contributed by atoms with van der Waals surface area (Å²) in [6, 6.07) is 11.1. The maximum absolute atomic E-state index is 12.8. The molecular formula is C23H28ClNO5S. The number of thioether (sulfide) groups is 1. The van der Waals surface area contributed by atoms with E-state index in [1.165, 1.54) is 0 Å². The predicted molar refractivity (Wildman–Crippen MR) is 126 cm³/mol. The largest absolute Gasteiger partial charge is 0.508 e. The molecule has 0 aliphatic heterocycles. The number of halogens is 1. The number of fused-ring (bicyclic) bond motifs is 1. The number of hydrogen-bond acceptors (Lipinski definition) is 7. The molecule has 0 fully saturated rings. The lowest BCUT2D eigenvalue weighted by Gasteiger charge is -2.13. The predicted octanol–water partition coefficient (Wildman–Crippen LogP) is 5.49. The normalized spacial score (nSPS) is 10.9. The Kier molecular flexibility index (Phi) is 9.10. The summed E-state index contributed by atoms with van der Waals surface area (Å²) in [5, 5.41) is 11.1. The number of carbonyl (C=O) groups excluding carboxylic acids is 1. The first-order valence-electron chi connectivity index (χ1n) is 9.88. The van der Waals surface area contributed by atoms with Gasteiger partial charge >= 0.3 is 5.97 Å². The Morgan fingerprint density at radius 3 is 2.42 bits per heavy atom. The first-order valence-corrected chi connectivity index (χ1v) is 10.9. The number of aromatic hydroxyl groups is 1. The number of hydrogen-bond donors (Lipinski definition) is 1. The van der Waals surface area contributed by atoms with Crippen LogP contribution in [0.3, 0.4) is 0 Å². The lowest BCUT2D eigenvalue weighted by atomic mass is 10.0. The van der Waals surface area contributed by atoms with Crippen LogP contribution in [0.2, 0.25) is 0 Å². The fourth-order valence-electron chi connectivity index (χ4n) is 3.24. The number of ether oxygens (including phenoxy) is 2. The molecule has 31 heavy (non-hydrogen) atoms. The average Bonchev–Trinajstić information content (AvgIpc) is 3.09. The number of carbonyl (C=O) groups is 1. The maximum atomic E-state index is 12.8. The average molecular weight is 466 g/mol. The fraction of sp³-hybridized carbons (Fsp3) is 0.348. The Morgan fingerprint density at radius 2 is 1.81 bits per heavy atom. The molecule has 0 amide bonds. The third-order valence-electron chi connectivity index (χ3n) is 4.47. The molecule has 1 heterocycles. The van der Waals surface area contributed by atoms with E-state index >= 15 is 0 Å². The zero-order valence-electron chi connectivity index (χ0n) is 18.1. The van der Waals surface area contributed by atoms with Gasteiger partial charge < -0.3 is 23.9 Å². The van der Waals surface area contributed by atoms with E-state index in [-0.39, 0.29) is 24.8 Å². The van der Waals surface area contributed by atoms with Crippen molar-refractivity contribution < 1.29 is 23.8 Å². The van der Waals surface area contributed by atoms with E-state index in [0.717, 1.165) is 10.6 Å². The molecule has 6 nitrogen and oxygen atoms in total. The first kappa shape index (κ1) is 24.9. The quantitative estimate of drug-likeness (QED) is 0.331. The Bertz CT molecular complexity index is 1020. The van der Waals surface area contributed by atoms with Crippen molar-refractivity contribution >= 4 is 41.1 Å². The molecule has 0 spiro atoms. The minimum Gasteiger partial charge on any atom is -0.508 e. The second kappa shape index (κ2) is 11.3. The summed E-state index contributed by atoms with van der Waals surface area (Å²) in [6.45, 7) is 5.08. The molecule has 0 aliphatic rings. The van der Waals surface area contributed by atoms with Crippen LogP contribution in [0.4, 0.5) is 0 Å². The summed E-state index contributed by atoms with van der Waals surface area (Å²) in [7, 11) is 3.82. The minimum atomic E-state index is -0.441. The van der Waals surface area contributed by atoms with Crippen molar-refractivity contribution in [2.75, 3.05) is 27.3 Å². The Balaban J connectivity index is 0.00000341. The standard InChI is InChI=1S/C23H27NO5S.ClH/c1-5-27-15-7-9-16(10-8-15)30-14-20-22(23(26)28-6-2)21-17(13-24(3)4)18(25)11-12-19(21)29-20;/h7-12,25H,5-6,13-14H2,1-4H3;1H. The highest BCUT2D eigenvalue weighted by Gasteiger charge is 2.26. The van der Waals surface area contributed by atoms with Crippen LogP contribution in [-0.2, 0) is 17.0 Å². The zero-order chi connectivity index (χ0) is 21.7. The van der Waals surface area contributed by atoms with Gasteiger partial charge in [0.25, 0.3) is 0 Å². The molecular weight excluding hydrogens is 438 g/mol. The topological polar surface area (TPSA) is 72.1 Å². The third kappa shape index (κ3) is 5.87. The van der Waals surface area contributed by atoms with Crippen LogP contribution in [0.15, 0.2) is 45.7 Å². The highest BCUT2D eigenvalue weighted by Crippen LogP contribution is 2.37. The highest BCUT2D eigenvalue weighted by molar-refractivity contribution is 7.98. The van der Waals surface area contributed by atoms with Gasteiger partial charge in [0.05, 0.1) is 19.0 Å². The van der Waals surface area contributed by atoms with Crippen molar-refractivity contribution in [3.63, 3.8) is 0 Å². The monoisotopic (exact) mass is 465 g/mol. The van der Waals surface area contributed by atoms with Gasteiger partial charge in [0.2, 0.25) is 0 Å². The number of benzene rings is 2. The van der Waals surface area contributed by atoms with Crippen molar-refractivity contribution in [2.45, 2.75) is 31.0 Å². The lowest BCUT2D eigenvalue weighted by Crippen LogP contribution is -2.12. The summed E-state index contributed by atoms with van der Waals surface area (Å²) >= 11 is 1.56. The van der Waals surface area contributed by atoms with Crippen molar-refractivity contribution in [2.24, 2.45) is 0 Å². The summed E-state index contributed by atoms with van der Waals surface area (Å²) in [6.07, 6.45) is 0. The van der Waals surface area contributed by atoms with Gasteiger partial charge in [-0.15, -0.1) is 24.2 Å². The van der Waals surface area contributed by atoms with E-state index < -0.39 is 5.97 Å². The number of rotatable bonds is 9. The van der Waals surface area contributed by atoms with Gasteiger partial charge in [0.1, 0.15) is 28.4 Å². The van der Waals surface area contributed by atoms with Crippen LogP contribution in [0, 0.1) is 0 Å². The van der Waals surface area contributed by atoms with E-state index in [1.807, 2.05) is 50.2 Å². The molecule has 0 saturated heterocycles. The van der Waals surface area contributed by atoms with Gasteiger partial charge in [-0.25, -0.2) is 4.79 Å². The van der Waals surface area contributed by atoms with E-state index in [9.17, 15) is 9.90 Å². The second-order valence-corrected chi connectivity index (χ2v) is 8.04. The molecule has 0 aliphatic carbocycles. The number of phenolic OH excluding ortho intramolecular Hbond substituents is 1. The molecule has 0 saturated carbocycles.